The second kappa shape index (κ2) is 6.14. The Morgan fingerprint density at radius 2 is 1.92 bits per heavy atom. The van der Waals surface area contributed by atoms with Gasteiger partial charge >= 0.3 is 6.18 Å². The van der Waals surface area contributed by atoms with Gasteiger partial charge in [-0.3, -0.25) is 0 Å². The van der Waals surface area contributed by atoms with Crippen LogP contribution < -0.4 is 4.90 Å². The summed E-state index contributed by atoms with van der Waals surface area (Å²) in [7, 11) is 0. The molecule has 1 saturated heterocycles. The molecule has 5 nitrogen and oxygen atoms in total. The summed E-state index contributed by atoms with van der Waals surface area (Å²) in [4.78, 5) is 10.7. The second-order valence-electron chi connectivity index (χ2n) is 5.72. The molecular formula is C16H13F3N4OS. The third-order valence-electron chi connectivity index (χ3n) is 4.06. The van der Waals surface area contributed by atoms with Gasteiger partial charge in [0.25, 0.3) is 5.89 Å². The molecule has 0 N–H and O–H groups in total. The zero-order chi connectivity index (χ0) is 17.4. The van der Waals surface area contributed by atoms with Crippen LogP contribution in [0.25, 0.3) is 22.8 Å². The van der Waals surface area contributed by atoms with Crippen LogP contribution in [0.4, 0.5) is 19.0 Å². The Bertz CT molecular complexity index is 866. The largest absolute Gasteiger partial charge is 0.417 e. The van der Waals surface area contributed by atoms with Crippen molar-refractivity contribution in [1.29, 1.82) is 0 Å². The predicted molar refractivity (Wildman–Crippen MR) is 87.3 cm³/mol. The van der Waals surface area contributed by atoms with E-state index in [1.54, 1.807) is 12.3 Å². The van der Waals surface area contributed by atoms with Gasteiger partial charge in [-0.1, -0.05) is 5.16 Å². The third-order valence-corrected chi connectivity index (χ3v) is 4.80. The summed E-state index contributed by atoms with van der Waals surface area (Å²) in [6.45, 7) is 1.97. The smallest absolute Gasteiger partial charge is 0.357 e. The lowest BCUT2D eigenvalue weighted by Gasteiger charge is -2.15. The normalized spacial score (nSPS) is 15.1. The topological polar surface area (TPSA) is 55.1 Å². The number of halogens is 3. The standard InChI is InChI=1S/C16H13F3N4OS/c17-16(18,19)12-9-25-8-11(12)15-21-14(22-24-15)10-3-4-13(20-7-10)23-5-1-2-6-23/h3-4,7-9H,1-2,5-6H2. The molecule has 3 aromatic rings. The Kier molecular flexibility index (Phi) is 3.95. The van der Waals surface area contributed by atoms with Crippen molar-refractivity contribution in [2.45, 2.75) is 19.0 Å². The average molecular weight is 366 g/mol. The van der Waals surface area contributed by atoms with Crippen LogP contribution >= 0.6 is 11.3 Å². The molecule has 130 valence electrons. The Hall–Kier alpha value is -2.42. The lowest BCUT2D eigenvalue weighted by molar-refractivity contribution is -0.136. The Labute approximate surface area is 145 Å². The maximum atomic E-state index is 13.0. The van der Waals surface area contributed by atoms with E-state index in [1.165, 1.54) is 5.38 Å². The fraction of sp³-hybridized carbons (Fsp3) is 0.312. The van der Waals surface area contributed by atoms with Gasteiger partial charge in [-0.2, -0.15) is 29.5 Å². The first-order valence-electron chi connectivity index (χ1n) is 7.71. The number of thiophene rings is 1. The van der Waals surface area contributed by atoms with Gasteiger partial charge in [0.05, 0.1) is 11.1 Å². The van der Waals surface area contributed by atoms with Crippen molar-refractivity contribution in [3.63, 3.8) is 0 Å². The van der Waals surface area contributed by atoms with Crippen LogP contribution in [-0.2, 0) is 6.18 Å². The summed E-state index contributed by atoms with van der Waals surface area (Å²) in [5, 5.41) is 6.18. The van der Waals surface area contributed by atoms with Gasteiger partial charge in [0.15, 0.2) is 0 Å². The van der Waals surface area contributed by atoms with E-state index in [9.17, 15) is 13.2 Å². The van der Waals surface area contributed by atoms with Gasteiger partial charge in [-0.25, -0.2) is 4.98 Å². The van der Waals surface area contributed by atoms with Gasteiger partial charge in [-0.15, -0.1) is 0 Å². The molecule has 1 aliphatic heterocycles. The Morgan fingerprint density at radius 1 is 1.12 bits per heavy atom. The van der Waals surface area contributed by atoms with Crippen LogP contribution in [-0.4, -0.2) is 28.2 Å². The van der Waals surface area contributed by atoms with Gasteiger partial charge < -0.3 is 9.42 Å². The van der Waals surface area contributed by atoms with Gasteiger partial charge in [0.1, 0.15) is 5.82 Å². The van der Waals surface area contributed by atoms with Crippen molar-refractivity contribution < 1.29 is 17.7 Å². The van der Waals surface area contributed by atoms with E-state index in [-0.39, 0.29) is 17.3 Å². The van der Waals surface area contributed by atoms with Crippen molar-refractivity contribution >= 4 is 17.2 Å². The highest BCUT2D eigenvalue weighted by Gasteiger charge is 2.36. The highest BCUT2D eigenvalue weighted by atomic mass is 32.1. The van der Waals surface area contributed by atoms with E-state index < -0.39 is 11.7 Å². The molecule has 0 radical (unpaired) electrons. The maximum Gasteiger partial charge on any atom is 0.417 e. The highest BCUT2D eigenvalue weighted by Crippen LogP contribution is 2.39. The van der Waals surface area contributed by atoms with E-state index in [4.69, 9.17) is 4.52 Å². The molecule has 3 aromatic heterocycles. The predicted octanol–water partition coefficient (Wildman–Crippen LogP) is 4.48. The molecule has 4 heterocycles. The van der Waals surface area contributed by atoms with Crippen LogP contribution in [0.3, 0.4) is 0 Å². The second-order valence-corrected chi connectivity index (χ2v) is 6.46. The van der Waals surface area contributed by atoms with Crippen LogP contribution in [0.1, 0.15) is 18.4 Å². The van der Waals surface area contributed by atoms with E-state index >= 15 is 0 Å². The summed E-state index contributed by atoms with van der Waals surface area (Å²) < 4.78 is 44.0. The number of hydrogen-bond donors (Lipinski definition) is 0. The summed E-state index contributed by atoms with van der Waals surface area (Å²) in [6.07, 6.45) is -0.539. The minimum absolute atomic E-state index is 0.0992. The van der Waals surface area contributed by atoms with Gasteiger partial charge in [0, 0.05) is 35.6 Å². The number of anilines is 1. The van der Waals surface area contributed by atoms with Crippen molar-refractivity contribution in [3.05, 3.63) is 34.7 Å². The number of rotatable bonds is 3. The molecule has 0 bridgehead atoms. The van der Waals surface area contributed by atoms with Crippen molar-refractivity contribution in [2.75, 3.05) is 18.0 Å². The fourth-order valence-corrected chi connectivity index (χ4v) is 3.61. The molecule has 1 fully saturated rings. The molecule has 4 rings (SSSR count). The highest BCUT2D eigenvalue weighted by molar-refractivity contribution is 7.08. The summed E-state index contributed by atoms with van der Waals surface area (Å²) >= 11 is 0.943. The molecular weight excluding hydrogens is 353 g/mol. The summed E-state index contributed by atoms with van der Waals surface area (Å²) in [5.74, 6) is 0.948. The van der Waals surface area contributed by atoms with Gasteiger partial charge in [-0.05, 0) is 25.0 Å². The maximum absolute atomic E-state index is 13.0. The minimum atomic E-state index is -4.46. The van der Waals surface area contributed by atoms with E-state index in [0.29, 0.717) is 5.56 Å². The molecule has 0 aliphatic carbocycles. The summed E-state index contributed by atoms with van der Waals surface area (Å²) in [6, 6.07) is 3.66. The van der Waals surface area contributed by atoms with Crippen molar-refractivity contribution in [2.24, 2.45) is 0 Å². The number of aromatic nitrogens is 3. The molecule has 0 aromatic carbocycles. The molecule has 0 spiro atoms. The molecule has 25 heavy (non-hydrogen) atoms. The fourth-order valence-electron chi connectivity index (χ4n) is 2.78. The Morgan fingerprint density at radius 3 is 2.60 bits per heavy atom. The number of nitrogens with zero attached hydrogens (tertiary/aromatic N) is 4. The van der Waals surface area contributed by atoms with Crippen molar-refractivity contribution in [1.82, 2.24) is 15.1 Å². The third kappa shape index (κ3) is 3.11. The average Bonchev–Trinajstić information content (AvgIpc) is 3.33. The number of alkyl halides is 3. The number of pyridine rings is 1. The molecule has 0 atom stereocenters. The first kappa shape index (κ1) is 16.1. The summed E-state index contributed by atoms with van der Waals surface area (Å²) in [5.41, 5.74) is -0.269. The lowest BCUT2D eigenvalue weighted by atomic mass is 10.2. The molecule has 1 aliphatic rings. The minimum Gasteiger partial charge on any atom is -0.357 e. The quantitative estimate of drug-likeness (QED) is 0.684. The molecule has 0 saturated carbocycles. The molecule has 0 amide bonds. The Balaban J connectivity index is 1.60. The monoisotopic (exact) mass is 366 g/mol. The van der Waals surface area contributed by atoms with Gasteiger partial charge in [0.2, 0.25) is 5.82 Å². The van der Waals surface area contributed by atoms with Crippen LogP contribution in [0.2, 0.25) is 0 Å². The van der Waals surface area contributed by atoms with Crippen LogP contribution in [0.15, 0.2) is 33.6 Å². The molecule has 0 unspecified atom stereocenters. The van der Waals surface area contributed by atoms with Crippen LogP contribution in [0.5, 0.6) is 0 Å². The van der Waals surface area contributed by atoms with Crippen molar-refractivity contribution in [3.8, 4) is 22.8 Å². The number of hydrogen-bond acceptors (Lipinski definition) is 6. The zero-order valence-corrected chi connectivity index (χ0v) is 13.8. The van der Waals surface area contributed by atoms with E-state index in [0.717, 1.165) is 48.5 Å². The van der Waals surface area contributed by atoms with E-state index in [1.807, 2.05) is 6.07 Å². The SMILES string of the molecule is FC(F)(F)c1cscc1-c1nc(-c2ccc(N3CCCC3)nc2)no1. The van der Waals surface area contributed by atoms with E-state index in [2.05, 4.69) is 20.0 Å². The first-order chi connectivity index (χ1) is 12.0. The lowest BCUT2D eigenvalue weighted by Crippen LogP contribution is -2.18. The van der Waals surface area contributed by atoms with Crippen LogP contribution in [0, 0.1) is 0 Å². The molecule has 9 heteroatoms. The zero-order valence-electron chi connectivity index (χ0n) is 13.0. The first-order valence-corrected chi connectivity index (χ1v) is 8.65.